The van der Waals surface area contributed by atoms with Crippen LogP contribution in [0, 0.1) is 18.6 Å². The number of aromatic hydroxyl groups is 1. The minimum absolute atomic E-state index is 0.103. The number of fused-ring (bicyclic) bond motifs is 1. The van der Waals surface area contributed by atoms with Crippen LogP contribution in [0.25, 0.3) is 10.9 Å². The Balaban J connectivity index is 2.34. The zero-order chi connectivity index (χ0) is 22.3. The maximum atomic E-state index is 14.9. The molecule has 1 unspecified atom stereocenters. The largest absolute Gasteiger partial charge is 0.503 e. The standard InChI is InChI=1S/C21H17Cl2F2NO4/c1-4-30-21(29)9(2)16-10(3)26(15-8-14(24)19(27)18(25)17(15)16)20(28)11-5-6-12(22)13(23)7-11/h5-9,27H,4H2,1-3H3. The molecule has 0 radical (unpaired) electrons. The van der Waals surface area contributed by atoms with Crippen molar-refractivity contribution in [2.24, 2.45) is 0 Å². The molecule has 0 spiro atoms. The second-order valence-corrected chi connectivity index (χ2v) is 7.47. The number of esters is 1. The van der Waals surface area contributed by atoms with Crippen molar-refractivity contribution in [1.82, 2.24) is 4.57 Å². The molecule has 3 aromatic rings. The number of carbonyl (C=O) groups is 2. The summed E-state index contributed by atoms with van der Waals surface area (Å²) < 4.78 is 35.1. The Bertz CT molecular complexity index is 1190. The molecular weight excluding hydrogens is 439 g/mol. The van der Waals surface area contributed by atoms with Crippen molar-refractivity contribution in [2.75, 3.05) is 6.61 Å². The van der Waals surface area contributed by atoms with Gasteiger partial charge in [-0.15, -0.1) is 0 Å². The highest BCUT2D eigenvalue weighted by atomic mass is 35.5. The van der Waals surface area contributed by atoms with Gasteiger partial charge in [0, 0.05) is 22.7 Å². The van der Waals surface area contributed by atoms with Gasteiger partial charge in [-0.1, -0.05) is 23.2 Å². The molecule has 1 atom stereocenters. The molecule has 0 aliphatic heterocycles. The van der Waals surface area contributed by atoms with Crippen molar-refractivity contribution in [1.29, 1.82) is 0 Å². The van der Waals surface area contributed by atoms with E-state index in [1.807, 2.05) is 0 Å². The molecule has 158 valence electrons. The molecule has 0 amide bonds. The van der Waals surface area contributed by atoms with Crippen LogP contribution in [0.2, 0.25) is 10.0 Å². The summed E-state index contributed by atoms with van der Waals surface area (Å²) in [6.45, 7) is 4.70. The molecule has 0 fully saturated rings. The Morgan fingerprint density at radius 3 is 2.47 bits per heavy atom. The molecule has 0 bridgehead atoms. The zero-order valence-corrected chi connectivity index (χ0v) is 17.7. The van der Waals surface area contributed by atoms with Crippen LogP contribution in [-0.4, -0.2) is 28.2 Å². The number of rotatable bonds is 4. The molecule has 0 aliphatic carbocycles. The van der Waals surface area contributed by atoms with Crippen LogP contribution in [0.1, 0.15) is 41.4 Å². The van der Waals surface area contributed by atoms with Crippen molar-refractivity contribution in [3.05, 3.63) is 62.8 Å². The lowest BCUT2D eigenvalue weighted by molar-refractivity contribution is -0.144. The summed E-state index contributed by atoms with van der Waals surface area (Å²) >= 11 is 11.9. The molecule has 0 saturated carbocycles. The number of aromatic nitrogens is 1. The summed E-state index contributed by atoms with van der Waals surface area (Å²) in [6.07, 6.45) is 0. The van der Waals surface area contributed by atoms with Crippen molar-refractivity contribution in [3.8, 4) is 5.75 Å². The third kappa shape index (κ3) is 3.52. The van der Waals surface area contributed by atoms with Gasteiger partial charge < -0.3 is 9.84 Å². The Kier molecular flexibility index (Phi) is 6.06. The fourth-order valence-electron chi connectivity index (χ4n) is 3.45. The molecule has 0 saturated heterocycles. The third-order valence-electron chi connectivity index (χ3n) is 4.85. The molecule has 1 N–H and O–H groups in total. The quantitative estimate of drug-likeness (QED) is 0.520. The minimum atomic E-state index is -1.26. The second-order valence-electron chi connectivity index (χ2n) is 6.66. The van der Waals surface area contributed by atoms with E-state index in [-0.39, 0.29) is 44.4 Å². The van der Waals surface area contributed by atoms with Gasteiger partial charge in [0.25, 0.3) is 5.91 Å². The van der Waals surface area contributed by atoms with Gasteiger partial charge in [-0.2, -0.15) is 0 Å². The molecule has 5 nitrogen and oxygen atoms in total. The molecule has 0 aliphatic rings. The average Bonchev–Trinajstić information content (AvgIpc) is 2.99. The van der Waals surface area contributed by atoms with E-state index in [1.165, 1.54) is 32.0 Å². The number of benzene rings is 2. The summed E-state index contributed by atoms with van der Waals surface area (Å²) in [5.41, 5.74) is 0.298. The number of hydrogen-bond donors (Lipinski definition) is 1. The lowest BCUT2D eigenvalue weighted by Crippen LogP contribution is -2.16. The van der Waals surface area contributed by atoms with Crippen LogP contribution in [0.5, 0.6) is 5.75 Å². The first-order valence-electron chi connectivity index (χ1n) is 8.98. The van der Waals surface area contributed by atoms with E-state index in [2.05, 4.69) is 0 Å². The van der Waals surface area contributed by atoms with Gasteiger partial charge in [-0.05, 0) is 44.5 Å². The highest BCUT2D eigenvalue weighted by Gasteiger charge is 2.31. The highest BCUT2D eigenvalue weighted by molar-refractivity contribution is 6.42. The van der Waals surface area contributed by atoms with Crippen LogP contribution >= 0.6 is 23.2 Å². The number of halogens is 4. The first-order valence-corrected chi connectivity index (χ1v) is 9.73. The fraction of sp³-hybridized carbons (Fsp3) is 0.238. The number of ether oxygens (including phenoxy) is 1. The molecule has 3 rings (SSSR count). The van der Waals surface area contributed by atoms with Crippen LogP contribution in [0.3, 0.4) is 0 Å². The normalized spacial score (nSPS) is 12.2. The van der Waals surface area contributed by atoms with Gasteiger partial charge >= 0.3 is 5.97 Å². The van der Waals surface area contributed by atoms with Gasteiger partial charge in [0.1, 0.15) is 0 Å². The van der Waals surface area contributed by atoms with Crippen LogP contribution in [0.15, 0.2) is 24.3 Å². The summed E-state index contributed by atoms with van der Waals surface area (Å²) in [4.78, 5) is 25.5. The Hall–Kier alpha value is -2.64. The third-order valence-corrected chi connectivity index (χ3v) is 5.59. The number of hydrogen-bond acceptors (Lipinski definition) is 4. The van der Waals surface area contributed by atoms with Gasteiger partial charge in [0.2, 0.25) is 0 Å². The number of phenolic OH excluding ortho intramolecular Hbond substituents is 1. The number of nitrogens with zero attached hydrogens (tertiary/aromatic N) is 1. The fourth-order valence-corrected chi connectivity index (χ4v) is 3.74. The van der Waals surface area contributed by atoms with E-state index in [0.29, 0.717) is 0 Å². The first kappa shape index (κ1) is 22.1. The van der Waals surface area contributed by atoms with Gasteiger partial charge in [-0.25, -0.2) is 8.78 Å². The van der Waals surface area contributed by atoms with E-state index in [0.717, 1.165) is 10.6 Å². The predicted octanol–water partition coefficient (Wildman–Crippen LogP) is 5.60. The van der Waals surface area contributed by atoms with E-state index in [9.17, 15) is 23.5 Å². The summed E-state index contributed by atoms with van der Waals surface area (Å²) in [7, 11) is 0. The van der Waals surface area contributed by atoms with Crippen LogP contribution in [-0.2, 0) is 9.53 Å². The highest BCUT2D eigenvalue weighted by Crippen LogP contribution is 2.39. The van der Waals surface area contributed by atoms with Crippen LogP contribution in [0.4, 0.5) is 8.78 Å². The van der Waals surface area contributed by atoms with Gasteiger partial charge in [0.05, 0.1) is 28.1 Å². The topological polar surface area (TPSA) is 68.5 Å². The first-order chi connectivity index (χ1) is 14.1. The van der Waals surface area contributed by atoms with E-state index >= 15 is 0 Å². The second kappa shape index (κ2) is 8.24. The lowest BCUT2D eigenvalue weighted by Gasteiger charge is -2.12. The minimum Gasteiger partial charge on any atom is -0.503 e. The summed E-state index contributed by atoms with van der Waals surface area (Å²) in [5.74, 6) is -5.96. The van der Waals surface area contributed by atoms with Crippen molar-refractivity contribution >= 4 is 46.0 Å². The maximum Gasteiger partial charge on any atom is 0.313 e. The summed E-state index contributed by atoms with van der Waals surface area (Å²) in [5, 5.41) is 9.92. The average molecular weight is 456 g/mol. The van der Waals surface area contributed by atoms with E-state index < -0.39 is 35.2 Å². The molecule has 2 aromatic carbocycles. The van der Waals surface area contributed by atoms with Gasteiger partial charge in [-0.3, -0.25) is 14.2 Å². The molecule has 1 aromatic heterocycles. The Morgan fingerprint density at radius 2 is 1.87 bits per heavy atom. The SMILES string of the molecule is CCOC(=O)C(C)c1c(C)n(C(=O)c2ccc(Cl)c(Cl)c2)c2cc(F)c(O)c(F)c12. The number of carbonyl (C=O) groups excluding carboxylic acids is 2. The Labute approximate surface area is 180 Å². The van der Waals surface area contributed by atoms with Crippen molar-refractivity contribution < 1.29 is 28.2 Å². The zero-order valence-electron chi connectivity index (χ0n) is 16.2. The molecule has 9 heteroatoms. The molecule has 30 heavy (non-hydrogen) atoms. The lowest BCUT2D eigenvalue weighted by atomic mass is 9.97. The van der Waals surface area contributed by atoms with Gasteiger partial charge in [0.15, 0.2) is 17.4 Å². The van der Waals surface area contributed by atoms with Crippen molar-refractivity contribution in [3.63, 3.8) is 0 Å². The molecular formula is C21H17Cl2F2NO4. The smallest absolute Gasteiger partial charge is 0.313 e. The maximum absolute atomic E-state index is 14.9. The number of phenols is 1. The van der Waals surface area contributed by atoms with Crippen molar-refractivity contribution in [2.45, 2.75) is 26.7 Å². The molecule has 1 heterocycles. The summed E-state index contributed by atoms with van der Waals surface area (Å²) in [6, 6.07) is 5.02. The van der Waals surface area contributed by atoms with E-state index in [1.54, 1.807) is 6.92 Å². The van der Waals surface area contributed by atoms with E-state index in [4.69, 9.17) is 27.9 Å². The predicted molar refractivity (Wildman–Crippen MR) is 109 cm³/mol. The Morgan fingerprint density at radius 1 is 1.20 bits per heavy atom. The monoisotopic (exact) mass is 455 g/mol. The van der Waals surface area contributed by atoms with Crippen LogP contribution < -0.4 is 0 Å².